The van der Waals surface area contributed by atoms with Crippen LogP contribution in [0.3, 0.4) is 0 Å². The number of methoxy groups -OCH3 is 1. The Morgan fingerprint density at radius 2 is 2.07 bits per heavy atom. The molecule has 7 heteroatoms. The van der Waals surface area contributed by atoms with Crippen LogP contribution in [0, 0.1) is 13.8 Å². The number of ketones is 1. The second-order valence-corrected chi connectivity index (χ2v) is 7.60. The average Bonchev–Trinajstić information content (AvgIpc) is 3.31. The first-order chi connectivity index (χ1) is 13.1. The summed E-state index contributed by atoms with van der Waals surface area (Å²) in [6.45, 7) is 4.09. The number of hydrogen-bond donors (Lipinski definition) is 0. The monoisotopic (exact) mass is 383 g/mol. The van der Waals surface area contributed by atoms with E-state index in [4.69, 9.17) is 9.15 Å². The number of rotatable bonds is 7. The molecule has 3 aromatic rings. The Labute approximate surface area is 161 Å². The molecule has 0 saturated heterocycles. The van der Waals surface area contributed by atoms with Crippen LogP contribution in [0.25, 0.3) is 11.5 Å². The fraction of sp³-hybridized carbons (Fsp3) is 0.350. The minimum absolute atomic E-state index is 0.0806. The molecule has 0 radical (unpaired) electrons. The van der Waals surface area contributed by atoms with Gasteiger partial charge in [0.05, 0.1) is 18.4 Å². The number of para-hydroxylation sites is 1. The molecule has 2 aromatic heterocycles. The molecule has 4 rings (SSSR count). The molecule has 6 nitrogen and oxygen atoms in total. The Balaban J connectivity index is 1.46. The summed E-state index contributed by atoms with van der Waals surface area (Å²) in [7, 11) is 1.60. The Morgan fingerprint density at radius 1 is 1.30 bits per heavy atom. The lowest BCUT2D eigenvalue weighted by atomic mass is 10.2. The van der Waals surface area contributed by atoms with Crippen LogP contribution in [0.4, 0.5) is 0 Å². The second-order valence-electron chi connectivity index (χ2n) is 6.67. The van der Waals surface area contributed by atoms with Crippen molar-refractivity contribution < 1.29 is 13.9 Å². The van der Waals surface area contributed by atoms with E-state index in [2.05, 4.69) is 21.7 Å². The third-order valence-electron chi connectivity index (χ3n) is 4.77. The zero-order chi connectivity index (χ0) is 19.0. The van der Waals surface area contributed by atoms with Gasteiger partial charge in [0.25, 0.3) is 11.1 Å². The van der Waals surface area contributed by atoms with Crippen LogP contribution < -0.4 is 4.74 Å². The first kappa shape index (κ1) is 17.9. The molecule has 2 heterocycles. The normalized spacial score (nSPS) is 13.7. The van der Waals surface area contributed by atoms with Crippen molar-refractivity contribution in [3.63, 3.8) is 0 Å². The summed E-state index contributed by atoms with van der Waals surface area (Å²) >= 11 is 1.26. The van der Waals surface area contributed by atoms with Crippen molar-refractivity contribution in [1.82, 2.24) is 14.8 Å². The Morgan fingerprint density at radius 3 is 2.81 bits per heavy atom. The molecule has 0 bridgehead atoms. The molecule has 1 fully saturated rings. The minimum atomic E-state index is 0.0806. The highest BCUT2D eigenvalue weighted by atomic mass is 32.2. The van der Waals surface area contributed by atoms with E-state index < -0.39 is 0 Å². The number of carbonyl (C=O) groups is 1. The van der Waals surface area contributed by atoms with Gasteiger partial charge in [-0.2, -0.15) is 0 Å². The number of benzene rings is 1. The van der Waals surface area contributed by atoms with E-state index in [1.54, 1.807) is 7.11 Å². The summed E-state index contributed by atoms with van der Waals surface area (Å²) in [6, 6.07) is 10.0. The topological polar surface area (TPSA) is 70.2 Å². The van der Waals surface area contributed by atoms with Crippen molar-refractivity contribution in [3.05, 3.63) is 47.3 Å². The molecule has 0 amide bonds. The lowest BCUT2D eigenvalue weighted by Crippen LogP contribution is -2.05. The molecule has 0 aliphatic heterocycles. The number of aromatic nitrogens is 3. The molecule has 1 aliphatic rings. The summed E-state index contributed by atoms with van der Waals surface area (Å²) in [4.78, 5) is 12.7. The minimum Gasteiger partial charge on any atom is -0.496 e. The van der Waals surface area contributed by atoms with Crippen LogP contribution in [0.5, 0.6) is 5.75 Å². The molecule has 0 spiro atoms. The van der Waals surface area contributed by atoms with Gasteiger partial charge in [0.1, 0.15) is 5.75 Å². The highest BCUT2D eigenvalue weighted by Gasteiger charge is 2.28. The van der Waals surface area contributed by atoms with E-state index in [9.17, 15) is 4.79 Å². The molecule has 0 atom stereocenters. The van der Waals surface area contributed by atoms with E-state index in [-0.39, 0.29) is 11.5 Å². The Kier molecular flexibility index (Phi) is 4.78. The van der Waals surface area contributed by atoms with Gasteiger partial charge in [-0.05, 0) is 44.9 Å². The molecular weight excluding hydrogens is 362 g/mol. The van der Waals surface area contributed by atoms with Crippen molar-refractivity contribution in [2.24, 2.45) is 0 Å². The van der Waals surface area contributed by atoms with Crippen LogP contribution >= 0.6 is 11.8 Å². The SMILES string of the molecule is COc1ccccc1-c1nnc(SCC(=O)c2cc(C)n(C3CC3)c2C)o1. The molecule has 0 N–H and O–H groups in total. The summed E-state index contributed by atoms with van der Waals surface area (Å²) < 4.78 is 13.3. The maximum Gasteiger partial charge on any atom is 0.277 e. The fourth-order valence-electron chi connectivity index (χ4n) is 3.36. The zero-order valence-corrected chi connectivity index (χ0v) is 16.4. The number of hydrogen-bond acceptors (Lipinski definition) is 6. The van der Waals surface area contributed by atoms with E-state index >= 15 is 0 Å². The van der Waals surface area contributed by atoms with Gasteiger partial charge in [-0.3, -0.25) is 4.79 Å². The van der Waals surface area contributed by atoms with Crippen LogP contribution in [-0.2, 0) is 0 Å². The van der Waals surface area contributed by atoms with Crippen LogP contribution in [-0.4, -0.2) is 33.4 Å². The first-order valence-corrected chi connectivity index (χ1v) is 9.88. The van der Waals surface area contributed by atoms with Crippen molar-refractivity contribution in [2.75, 3.05) is 12.9 Å². The van der Waals surface area contributed by atoms with Gasteiger partial charge in [0.15, 0.2) is 5.78 Å². The van der Waals surface area contributed by atoms with Crippen molar-refractivity contribution in [3.8, 4) is 17.2 Å². The van der Waals surface area contributed by atoms with Crippen molar-refractivity contribution in [1.29, 1.82) is 0 Å². The Hall–Kier alpha value is -2.54. The van der Waals surface area contributed by atoms with Gasteiger partial charge >= 0.3 is 0 Å². The van der Waals surface area contributed by atoms with E-state index in [0.29, 0.717) is 22.9 Å². The fourth-order valence-corrected chi connectivity index (χ4v) is 4.00. The molecule has 0 unspecified atom stereocenters. The van der Waals surface area contributed by atoms with Gasteiger partial charge in [0, 0.05) is 23.0 Å². The van der Waals surface area contributed by atoms with Gasteiger partial charge in [-0.25, -0.2) is 0 Å². The van der Waals surface area contributed by atoms with Gasteiger partial charge < -0.3 is 13.7 Å². The summed E-state index contributed by atoms with van der Waals surface area (Å²) in [5, 5.41) is 8.51. The van der Waals surface area contributed by atoms with E-state index in [1.165, 1.54) is 24.6 Å². The maximum absolute atomic E-state index is 12.7. The molecule has 1 aliphatic carbocycles. The van der Waals surface area contributed by atoms with Gasteiger partial charge in [-0.1, -0.05) is 23.9 Å². The highest BCUT2D eigenvalue weighted by Crippen LogP contribution is 2.38. The largest absolute Gasteiger partial charge is 0.496 e. The third kappa shape index (κ3) is 3.51. The average molecular weight is 383 g/mol. The summed E-state index contributed by atoms with van der Waals surface area (Å²) in [6.07, 6.45) is 2.40. The predicted molar refractivity (Wildman–Crippen MR) is 104 cm³/mol. The van der Waals surface area contributed by atoms with Crippen molar-refractivity contribution in [2.45, 2.75) is 38.0 Å². The smallest absolute Gasteiger partial charge is 0.277 e. The quantitative estimate of drug-likeness (QED) is 0.443. The molecule has 140 valence electrons. The standard InChI is InChI=1S/C20H21N3O3S/c1-12-10-16(13(2)23(12)14-8-9-14)17(24)11-27-20-22-21-19(26-20)15-6-4-5-7-18(15)25-3/h4-7,10,14H,8-9,11H2,1-3H3. The van der Waals surface area contributed by atoms with Gasteiger partial charge in [0.2, 0.25) is 0 Å². The van der Waals surface area contributed by atoms with Crippen molar-refractivity contribution >= 4 is 17.5 Å². The van der Waals surface area contributed by atoms with Crippen LogP contribution in [0.15, 0.2) is 40.0 Å². The number of carbonyl (C=O) groups excluding carboxylic acids is 1. The zero-order valence-electron chi connectivity index (χ0n) is 15.6. The Bertz CT molecular complexity index is 988. The number of Topliss-reactive ketones (excluding diaryl/α,β-unsaturated/α-hetero) is 1. The number of thioether (sulfide) groups is 1. The van der Waals surface area contributed by atoms with Crippen LogP contribution in [0.1, 0.15) is 40.6 Å². The predicted octanol–water partition coefficient (Wildman–Crippen LogP) is 4.47. The number of nitrogens with zero attached hydrogens (tertiary/aromatic N) is 3. The lowest BCUT2D eigenvalue weighted by molar-refractivity contribution is 0.102. The molecular formula is C20H21N3O3S. The molecule has 27 heavy (non-hydrogen) atoms. The molecule has 1 aromatic carbocycles. The summed E-state index contributed by atoms with van der Waals surface area (Å²) in [5.41, 5.74) is 3.73. The maximum atomic E-state index is 12.7. The number of ether oxygens (including phenoxy) is 1. The number of aryl methyl sites for hydroxylation is 1. The van der Waals surface area contributed by atoms with E-state index in [1.807, 2.05) is 37.3 Å². The highest BCUT2D eigenvalue weighted by molar-refractivity contribution is 7.99. The second kappa shape index (κ2) is 7.23. The first-order valence-electron chi connectivity index (χ1n) is 8.89. The third-order valence-corrected chi connectivity index (χ3v) is 5.59. The van der Waals surface area contributed by atoms with Gasteiger partial charge in [-0.15, -0.1) is 10.2 Å². The molecule has 1 saturated carbocycles. The lowest BCUT2D eigenvalue weighted by Gasteiger charge is -2.07. The van der Waals surface area contributed by atoms with E-state index in [0.717, 1.165) is 22.5 Å². The summed E-state index contributed by atoms with van der Waals surface area (Å²) in [5.74, 6) is 1.40. The van der Waals surface area contributed by atoms with Crippen LogP contribution in [0.2, 0.25) is 0 Å².